The maximum Gasteiger partial charge on any atom is 0.269 e. The second kappa shape index (κ2) is 5.22. The monoisotopic (exact) mass is 223 g/mol. The fourth-order valence-corrected chi connectivity index (χ4v) is 1.40. The Kier molecular flexibility index (Phi) is 3.96. The van der Waals surface area contributed by atoms with Crippen molar-refractivity contribution in [2.45, 2.75) is 19.3 Å². The largest absolute Gasteiger partial charge is 0.294 e. The highest BCUT2D eigenvalue weighted by Crippen LogP contribution is 2.22. The van der Waals surface area contributed by atoms with E-state index in [9.17, 15) is 14.9 Å². The molecule has 0 saturated heterocycles. The lowest BCUT2D eigenvalue weighted by atomic mass is 9.97. The number of nitrogens with two attached hydrogens (primary N) is 1. The van der Waals surface area contributed by atoms with Crippen LogP contribution in [-0.2, 0) is 4.79 Å². The van der Waals surface area contributed by atoms with Crippen molar-refractivity contribution in [2.24, 2.45) is 5.84 Å². The van der Waals surface area contributed by atoms with Gasteiger partial charge in [0.05, 0.1) is 4.92 Å². The van der Waals surface area contributed by atoms with Gasteiger partial charge in [-0.2, -0.15) is 0 Å². The number of nitro benzene ring substituents is 1. The molecule has 0 aliphatic heterocycles. The summed E-state index contributed by atoms with van der Waals surface area (Å²) in [5.41, 5.74) is 2.80. The van der Waals surface area contributed by atoms with Gasteiger partial charge >= 0.3 is 0 Å². The summed E-state index contributed by atoms with van der Waals surface area (Å²) >= 11 is 0. The summed E-state index contributed by atoms with van der Waals surface area (Å²) in [4.78, 5) is 21.1. The molecule has 0 bridgehead atoms. The zero-order valence-electron chi connectivity index (χ0n) is 8.84. The van der Waals surface area contributed by atoms with Crippen molar-refractivity contribution in [3.05, 3.63) is 39.9 Å². The minimum Gasteiger partial charge on any atom is -0.294 e. The first-order valence-corrected chi connectivity index (χ1v) is 4.78. The standard InChI is InChI=1S/C10H13N3O3/c1-7(5-10(14)12-11)8-3-2-4-9(6-8)13(15)16/h2-4,6-7H,5,11H2,1H3,(H,12,14). The van der Waals surface area contributed by atoms with E-state index in [4.69, 9.17) is 5.84 Å². The predicted octanol–water partition coefficient (Wildman–Crippen LogP) is 1.08. The molecule has 1 aromatic carbocycles. The maximum absolute atomic E-state index is 11.0. The first-order valence-electron chi connectivity index (χ1n) is 4.78. The predicted molar refractivity (Wildman–Crippen MR) is 58.5 cm³/mol. The Morgan fingerprint density at radius 1 is 1.62 bits per heavy atom. The first-order chi connectivity index (χ1) is 7.54. The molecule has 1 unspecified atom stereocenters. The Morgan fingerprint density at radius 2 is 2.31 bits per heavy atom. The average molecular weight is 223 g/mol. The zero-order valence-corrected chi connectivity index (χ0v) is 8.84. The summed E-state index contributed by atoms with van der Waals surface area (Å²) in [5, 5.41) is 10.6. The lowest BCUT2D eigenvalue weighted by Gasteiger charge is -2.10. The molecule has 1 atom stereocenters. The van der Waals surface area contributed by atoms with Crippen molar-refractivity contribution in [3.63, 3.8) is 0 Å². The Morgan fingerprint density at radius 3 is 2.88 bits per heavy atom. The minimum absolute atomic E-state index is 0.0255. The number of benzene rings is 1. The van der Waals surface area contributed by atoms with E-state index in [1.54, 1.807) is 12.1 Å². The lowest BCUT2D eigenvalue weighted by Crippen LogP contribution is -2.30. The van der Waals surface area contributed by atoms with E-state index in [0.717, 1.165) is 5.56 Å². The van der Waals surface area contributed by atoms with Gasteiger partial charge in [-0.1, -0.05) is 19.1 Å². The van der Waals surface area contributed by atoms with Gasteiger partial charge in [0.1, 0.15) is 0 Å². The van der Waals surface area contributed by atoms with Gasteiger partial charge in [-0.15, -0.1) is 0 Å². The molecule has 0 aliphatic carbocycles. The average Bonchev–Trinajstić information content (AvgIpc) is 2.28. The molecular weight excluding hydrogens is 210 g/mol. The summed E-state index contributed by atoms with van der Waals surface area (Å²) in [6.07, 6.45) is 0.206. The van der Waals surface area contributed by atoms with Crippen LogP contribution in [0.4, 0.5) is 5.69 Å². The topological polar surface area (TPSA) is 98.3 Å². The summed E-state index contributed by atoms with van der Waals surface area (Å²) in [6.45, 7) is 1.81. The van der Waals surface area contributed by atoms with Crippen LogP contribution < -0.4 is 11.3 Å². The number of rotatable bonds is 4. The number of nitro groups is 1. The molecule has 0 saturated carbocycles. The molecule has 0 radical (unpaired) electrons. The fraction of sp³-hybridized carbons (Fsp3) is 0.300. The second-order valence-electron chi connectivity index (χ2n) is 3.52. The van der Waals surface area contributed by atoms with Gasteiger partial charge in [0, 0.05) is 18.6 Å². The van der Waals surface area contributed by atoms with E-state index in [0.29, 0.717) is 0 Å². The molecule has 1 aromatic rings. The van der Waals surface area contributed by atoms with Gasteiger partial charge in [-0.3, -0.25) is 20.3 Å². The van der Waals surface area contributed by atoms with Crippen molar-refractivity contribution in [1.82, 2.24) is 5.43 Å². The van der Waals surface area contributed by atoms with Crippen LogP contribution in [0.15, 0.2) is 24.3 Å². The Balaban J connectivity index is 2.83. The molecule has 0 spiro atoms. The Labute approximate surface area is 92.6 Å². The van der Waals surface area contributed by atoms with Crippen molar-refractivity contribution >= 4 is 11.6 Å². The third-order valence-electron chi connectivity index (χ3n) is 2.30. The van der Waals surface area contributed by atoms with Crippen LogP contribution in [0.25, 0.3) is 0 Å². The zero-order chi connectivity index (χ0) is 12.1. The van der Waals surface area contributed by atoms with Crippen LogP contribution in [0, 0.1) is 10.1 Å². The first kappa shape index (κ1) is 12.1. The van der Waals surface area contributed by atoms with E-state index in [2.05, 4.69) is 0 Å². The molecule has 1 amide bonds. The number of nitrogens with zero attached hydrogens (tertiary/aromatic N) is 1. The molecule has 6 heteroatoms. The van der Waals surface area contributed by atoms with Crippen molar-refractivity contribution < 1.29 is 9.72 Å². The smallest absolute Gasteiger partial charge is 0.269 e. The number of carbonyl (C=O) groups is 1. The van der Waals surface area contributed by atoms with Gasteiger partial charge in [-0.25, -0.2) is 5.84 Å². The normalized spacial score (nSPS) is 11.9. The molecule has 3 N–H and O–H groups in total. The van der Waals surface area contributed by atoms with Crippen LogP contribution in [0.2, 0.25) is 0 Å². The van der Waals surface area contributed by atoms with Crippen molar-refractivity contribution in [2.75, 3.05) is 0 Å². The number of nitrogens with one attached hydrogen (secondary N) is 1. The molecule has 0 aromatic heterocycles. The highest BCUT2D eigenvalue weighted by molar-refractivity contribution is 5.76. The molecule has 86 valence electrons. The number of amides is 1. The highest BCUT2D eigenvalue weighted by atomic mass is 16.6. The van der Waals surface area contributed by atoms with Crippen LogP contribution in [0.1, 0.15) is 24.8 Å². The second-order valence-corrected chi connectivity index (χ2v) is 3.52. The summed E-state index contributed by atoms with van der Waals surface area (Å²) in [7, 11) is 0. The third-order valence-corrected chi connectivity index (χ3v) is 2.30. The van der Waals surface area contributed by atoms with Crippen LogP contribution in [-0.4, -0.2) is 10.8 Å². The van der Waals surface area contributed by atoms with Gasteiger partial charge in [-0.05, 0) is 11.5 Å². The molecular formula is C10H13N3O3. The molecule has 1 rings (SSSR count). The molecule has 6 nitrogen and oxygen atoms in total. The summed E-state index contributed by atoms with van der Waals surface area (Å²) in [5.74, 6) is 4.57. The number of carbonyl (C=O) groups excluding carboxylic acids is 1. The van der Waals surface area contributed by atoms with Crippen LogP contribution >= 0.6 is 0 Å². The quantitative estimate of drug-likeness (QED) is 0.345. The summed E-state index contributed by atoms with van der Waals surface area (Å²) in [6, 6.07) is 6.24. The van der Waals surface area contributed by atoms with Gasteiger partial charge in [0.25, 0.3) is 5.69 Å². The van der Waals surface area contributed by atoms with E-state index in [-0.39, 0.29) is 23.9 Å². The number of hydrazine groups is 1. The number of hydrogen-bond donors (Lipinski definition) is 2. The van der Waals surface area contributed by atoms with E-state index in [1.807, 2.05) is 12.3 Å². The molecule has 0 fully saturated rings. The van der Waals surface area contributed by atoms with Gasteiger partial charge in [0.15, 0.2) is 0 Å². The molecule has 0 aliphatic rings. The number of hydrogen-bond acceptors (Lipinski definition) is 4. The Hall–Kier alpha value is -1.95. The lowest BCUT2D eigenvalue weighted by molar-refractivity contribution is -0.384. The third kappa shape index (κ3) is 3.03. The fourth-order valence-electron chi connectivity index (χ4n) is 1.40. The minimum atomic E-state index is -0.459. The van der Waals surface area contributed by atoms with Crippen molar-refractivity contribution in [1.29, 1.82) is 0 Å². The van der Waals surface area contributed by atoms with Gasteiger partial charge < -0.3 is 0 Å². The molecule has 16 heavy (non-hydrogen) atoms. The van der Waals surface area contributed by atoms with Crippen molar-refractivity contribution in [3.8, 4) is 0 Å². The van der Waals surface area contributed by atoms with Gasteiger partial charge in [0.2, 0.25) is 5.91 Å². The highest BCUT2D eigenvalue weighted by Gasteiger charge is 2.13. The summed E-state index contributed by atoms with van der Waals surface area (Å²) < 4.78 is 0. The van der Waals surface area contributed by atoms with E-state index in [1.165, 1.54) is 12.1 Å². The molecule has 0 heterocycles. The van der Waals surface area contributed by atoms with Crippen LogP contribution in [0.3, 0.4) is 0 Å². The number of non-ortho nitro benzene ring substituents is 1. The van der Waals surface area contributed by atoms with Crippen LogP contribution in [0.5, 0.6) is 0 Å². The SMILES string of the molecule is CC(CC(=O)NN)c1cccc([N+](=O)[O-])c1. The maximum atomic E-state index is 11.0. The van der Waals surface area contributed by atoms with E-state index < -0.39 is 4.92 Å². The Bertz CT molecular complexity index is 406. The van der Waals surface area contributed by atoms with E-state index >= 15 is 0 Å².